The van der Waals surface area contributed by atoms with Gasteiger partial charge in [0.25, 0.3) is 0 Å². The molecular weight excluding hydrogens is 294 g/mol. The number of aryl methyl sites for hydroxylation is 1. The zero-order valence-electron chi connectivity index (χ0n) is 11.2. The molecule has 21 heavy (non-hydrogen) atoms. The lowest BCUT2D eigenvalue weighted by molar-refractivity contribution is -0.385. The van der Waals surface area contributed by atoms with Gasteiger partial charge < -0.3 is 4.74 Å². The monoisotopic (exact) mass is 305 g/mol. The van der Waals surface area contributed by atoms with E-state index in [2.05, 4.69) is 0 Å². The Bertz CT molecular complexity index is 700. The van der Waals surface area contributed by atoms with Crippen LogP contribution >= 0.6 is 11.6 Å². The minimum atomic E-state index is -0.522. The van der Waals surface area contributed by atoms with E-state index in [4.69, 9.17) is 16.3 Å². The number of halogens is 1. The second kappa shape index (κ2) is 6.37. The smallest absolute Gasteiger partial charge is 0.311 e. The predicted molar refractivity (Wildman–Crippen MR) is 79.4 cm³/mol. The van der Waals surface area contributed by atoms with Gasteiger partial charge in [0.1, 0.15) is 0 Å². The van der Waals surface area contributed by atoms with Crippen LogP contribution in [0.15, 0.2) is 36.4 Å². The van der Waals surface area contributed by atoms with Crippen molar-refractivity contribution >= 4 is 23.6 Å². The summed E-state index contributed by atoms with van der Waals surface area (Å²) in [5, 5.41) is 11.4. The topological polar surface area (TPSA) is 69.4 Å². The highest BCUT2D eigenvalue weighted by molar-refractivity contribution is 6.32. The first-order chi connectivity index (χ1) is 10.1. The van der Waals surface area contributed by atoms with Gasteiger partial charge in [0.05, 0.1) is 15.5 Å². The molecule has 0 atom stereocenters. The second-order valence-corrected chi connectivity index (χ2v) is 4.70. The first-order valence-corrected chi connectivity index (χ1v) is 6.63. The number of hydrogen-bond donors (Lipinski definition) is 0. The average Bonchev–Trinajstić information content (AvgIpc) is 2.49. The number of hydrogen-bond acceptors (Lipinski definition) is 4. The fourth-order valence-corrected chi connectivity index (χ4v) is 2.07. The van der Waals surface area contributed by atoms with Crippen LogP contribution in [0, 0.1) is 10.1 Å². The summed E-state index contributed by atoms with van der Waals surface area (Å²) >= 11 is 5.99. The summed E-state index contributed by atoms with van der Waals surface area (Å²) in [5.41, 5.74) is 0.895. The highest BCUT2D eigenvalue weighted by atomic mass is 35.5. The number of ether oxygens (including phenoxy) is 1. The normalized spacial score (nSPS) is 10.2. The number of nitro groups is 1. The summed E-state index contributed by atoms with van der Waals surface area (Å²) in [5.74, 6) is 0.162. The van der Waals surface area contributed by atoms with Crippen molar-refractivity contribution < 1.29 is 14.5 Å². The Hall–Kier alpha value is -2.40. The highest BCUT2D eigenvalue weighted by Gasteiger charge is 2.19. The standard InChI is InChI=1S/C15H12ClNO4/c1-2-10-6-7-14(13(8-10)17(19)20)21-15-11(9-18)4-3-5-12(15)16/h3-9H,2H2,1H3. The van der Waals surface area contributed by atoms with Crippen LogP contribution in [0.3, 0.4) is 0 Å². The van der Waals surface area contributed by atoms with Crippen LogP contribution < -0.4 is 4.74 Å². The lowest BCUT2D eigenvalue weighted by Gasteiger charge is -2.10. The van der Waals surface area contributed by atoms with Crippen molar-refractivity contribution in [3.05, 3.63) is 62.7 Å². The second-order valence-electron chi connectivity index (χ2n) is 4.29. The van der Waals surface area contributed by atoms with Crippen molar-refractivity contribution in [2.45, 2.75) is 13.3 Å². The van der Waals surface area contributed by atoms with Crippen molar-refractivity contribution in [1.29, 1.82) is 0 Å². The van der Waals surface area contributed by atoms with E-state index in [-0.39, 0.29) is 27.8 Å². The Labute approximate surface area is 126 Å². The Morgan fingerprint density at radius 3 is 2.71 bits per heavy atom. The Kier molecular flexibility index (Phi) is 4.55. The number of nitrogens with zero attached hydrogens (tertiary/aromatic N) is 1. The number of nitro benzene ring substituents is 1. The summed E-state index contributed by atoms with van der Waals surface area (Å²) < 4.78 is 5.52. The Morgan fingerprint density at radius 2 is 2.10 bits per heavy atom. The van der Waals surface area contributed by atoms with E-state index in [1.54, 1.807) is 18.2 Å². The van der Waals surface area contributed by atoms with E-state index in [1.807, 2.05) is 6.92 Å². The van der Waals surface area contributed by atoms with Gasteiger partial charge in [-0.2, -0.15) is 0 Å². The van der Waals surface area contributed by atoms with Crippen LogP contribution in [-0.2, 0) is 6.42 Å². The predicted octanol–water partition coefficient (Wildman–Crippen LogP) is 4.42. The van der Waals surface area contributed by atoms with E-state index in [0.717, 1.165) is 5.56 Å². The molecule has 0 saturated heterocycles. The molecule has 0 saturated carbocycles. The van der Waals surface area contributed by atoms with E-state index in [1.165, 1.54) is 18.2 Å². The van der Waals surface area contributed by atoms with Crippen LogP contribution in [0.2, 0.25) is 5.02 Å². The maximum absolute atomic E-state index is 11.1. The molecule has 0 aromatic heterocycles. The third kappa shape index (κ3) is 3.20. The molecule has 0 unspecified atom stereocenters. The highest BCUT2D eigenvalue weighted by Crippen LogP contribution is 2.37. The maximum atomic E-state index is 11.1. The number of para-hydroxylation sites is 1. The van der Waals surface area contributed by atoms with E-state index >= 15 is 0 Å². The van der Waals surface area contributed by atoms with Gasteiger partial charge in [0.2, 0.25) is 5.75 Å². The van der Waals surface area contributed by atoms with Crippen molar-refractivity contribution in [2.75, 3.05) is 0 Å². The molecule has 0 N–H and O–H groups in total. The number of aldehydes is 1. The van der Waals surface area contributed by atoms with Crippen molar-refractivity contribution in [2.24, 2.45) is 0 Å². The van der Waals surface area contributed by atoms with Gasteiger partial charge >= 0.3 is 5.69 Å². The van der Waals surface area contributed by atoms with Crippen molar-refractivity contribution in [3.8, 4) is 11.5 Å². The number of carbonyl (C=O) groups is 1. The van der Waals surface area contributed by atoms with Crippen LogP contribution in [0.1, 0.15) is 22.8 Å². The summed E-state index contributed by atoms with van der Waals surface area (Å²) in [7, 11) is 0. The molecule has 0 spiro atoms. The van der Waals surface area contributed by atoms with E-state index < -0.39 is 4.92 Å². The van der Waals surface area contributed by atoms with Crippen LogP contribution in [0.5, 0.6) is 11.5 Å². The first kappa shape index (κ1) is 15.0. The molecule has 0 fully saturated rings. The molecule has 2 aromatic rings. The van der Waals surface area contributed by atoms with Crippen LogP contribution in [0.25, 0.3) is 0 Å². The summed E-state index contributed by atoms with van der Waals surface area (Å²) in [6.45, 7) is 1.90. The number of rotatable bonds is 5. The minimum Gasteiger partial charge on any atom is -0.448 e. The summed E-state index contributed by atoms with van der Waals surface area (Å²) in [6, 6.07) is 9.38. The van der Waals surface area contributed by atoms with Gasteiger partial charge in [0, 0.05) is 6.07 Å². The largest absolute Gasteiger partial charge is 0.448 e. The lowest BCUT2D eigenvalue weighted by atomic mass is 10.1. The molecule has 0 heterocycles. The quantitative estimate of drug-likeness (QED) is 0.466. The van der Waals surface area contributed by atoms with Crippen molar-refractivity contribution in [1.82, 2.24) is 0 Å². The third-order valence-electron chi connectivity index (χ3n) is 2.96. The Balaban J connectivity index is 2.49. The molecule has 0 radical (unpaired) electrons. The van der Waals surface area contributed by atoms with E-state index in [0.29, 0.717) is 12.7 Å². The van der Waals surface area contributed by atoms with Gasteiger partial charge in [-0.15, -0.1) is 0 Å². The molecule has 0 aliphatic rings. The van der Waals surface area contributed by atoms with Gasteiger partial charge in [-0.25, -0.2) is 0 Å². The molecular formula is C15H12ClNO4. The van der Waals surface area contributed by atoms with Crippen LogP contribution in [-0.4, -0.2) is 11.2 Å². The number of benzene rings is 2. The molecule has 0 aliphatic carbocycles. The fourth-order valence-electron chi connectivity index (χ4n) is 1.85. The molecule has 108 valence electrons. The molecule has 5 nitrogen and oxygen atoms in total. The average molecular weight is 306 g/mol. The zero-order valence-corrected chi connectivity index (χ0v) is 12.0. The molecule has 6 heteroatoms. The summed E-state index contributed by atoms with van der Waals surface area (Å²) in [6.07, 6.45) is 1.26. The molecule has 0 aliphatic heterocycles. The summed E-state index contributed by atoms with van der Waals surface area (Å²) in [4.78, 5) is 21.6. The number of carbonyl (C=O) groups excluding carboxylic acids is 1. The first-order valence-electron chi connectivity index (χ1n) is 6.25. The maximum Gasteiger partial charge on any atom is 0.311 e. The molecule has 2 rings (SSSR count). The third-order valence-corrected chi connectivity index (χ3v) is 3.26. The molecule has 0 amide bonds. The molecule has 2 aromatic carbocycles. The molecule has 0 bridgehead atoms. The SMILES string of the molecule is CCc1ccc(Oc2c(Cl)cccc2C=O)c([N+](=O)[O-])c1. The van der Waals surface area contributed by atoms with Crippen LogP contribution in [0.4, 0.5) is 5.69 Å². The Morgan fingerprint density at radius 1 is 1.33 bits per heavy atom. The van der Waals surface area contributed by atoms with Gasteiger partial charge in [-0.1, -0.05) is 30.7 Å². The lowest BCUT2D eigenvalue weighted by Crippen LogP contribution is -1.97. The minimum absolute atomic E-state index is 0.0494. The van der Waals surface area contributed by atoms with Gasteiger partial charge in [-0.05, 0) is 30.2 Å². The van der Waals surface area contributed by atoms with Gasteiger partial charge in [0.15, 0.2) is 12.0 Å². The van der Waals surface area contributed by atoms with E-state index in [9.17, 15) is 14.9 Å². The van der Waals surface area contributed by atoms with Gasteiger partial charge in [-0.3, -0.25) is 14.9 Å². The zero-order chi connectivity index (χ0) is 15.4. The van der Waals surface area contributed by atoms with Crippen molar-refractivity contribution in [3.63, 3.8) is 0 Å². The fraction of sp³-hybridized carbons (Fsp3) is 0.133.